The van der Waals surface area contributed by atoms with E-state index < -0.39 is 0 Å². The van der Waals surface area contributed by atoms with Crippen molar-refractivity contribution >= 4 is 11.6 Å². The van der Waals surface area contributed by atoms with E-state index in [1.165, 1.54) is 11.3 Å². The Labute approximate surface area is 156 Å². The van der Waals surface area contributed by atoms with E-state index in [9.17, 15) is 4.79 Å². The molecule has 4 bridgehead atoms. The number of hydrogen-bond donors (Lipinski definition) is 1. The van der Waals surface area contributed by atoms with Crippen LogP contribution >= 0.6 is 0 Å². The van der Waals surface area contributed by atoms with Gasteiger partial charge in [0.25, 0.3) is 5.91 Å². The highest BCUT2D eigenvalue weighted by Crippen LogP contribution is 2.38. The number of piperidine rings is 2. The SMILES string of the molecule is CC12CN3CCN(CC(C3)C1=NNC(=O)c1ccc(C(C)(C)C)cc1)C2. The third-order valence-corrected chi connectivity index (χ3v) is 6.13. The summed E-state index contributed by atoms with van der Waals surface area (Å²) in [5.74, 6) is 0.322. The summed E-state index contributed by atoms with van der Waals surface area (Å²) in [7, 11) is 0. The van der Waals surface area contributed by atoms with Gasteiger partial charge in [0.15, 0.2) is 0 Å². The summed E-state index contributed by atoms with van der Waals surface area (Å²) in [5, 5.41) is 4.65. The minimum absolute atomic E-state index is 0.0566. The van der Waals surface area contributed by atoms with Crippen molar-refractivity contribution in [3.05, 3.63) is 35.4 Å². The highest BCUT2D eigenvalue weighted by molar-refractivity contribution is 5.98. The summed E-state index contributed by atoms with van der Waals surface area (Å²) in [5.41, 5.74) is 6.07. The topological polar surface area (TPSA) is 47.9 Å². The van der Waals surface area contributed by atoms with Crippen LogP contribution in [0.25, 0.3) is 0 Å². The second kappa shape index (κ2) is 6.17. The molecule has 1 aromatic rings. The molecule has 5 heteroatoms. The molecule has 0 aliphatic carbocycles. The molecule has 2 atom stereocenters. The van der Waals surface area contributed by atoms with Gasteiger partial charge in [-0.2, -0.15) is 5.10 Å². The van der Waals surface area contributed by atoms with Crippen molar-refractivity contribution in [2.24, 2.45) is 16.4 Å². The van der Waals surface area contributed by atoms with Gasteiger partial charge in [-0.3, -0.25) is 4.79 Å². The number of rotatable bonds is 2. The number of benzene rings is 1. The number of nitrogens with one attached hydrogen (secondary N) is 1. The molecular weight excluding hydrogens is 324 g/mol. The van der Waals surface area contributed by atoms with Crippen LogP contribution in [-0.4, -0.2) is 60.7 Å². The highest BCUT2D eigenvalue weighted by Gasteiger charge is 2.49. The van der Waals surface area contributed by atoms with Gasteiger partial charge in [0.05, 0.1) is 5.71 Å². The van der Waals surface area contributed by atoms with Crippen LogP contribution in [0.4, 0.5) is 0 Å². The lowest BCUT2D eigenvalue weighted by molar-refractivity contribution is 0.0948. The Bertz CT molecular complexity index is 715. The van der Waals surface area contributed by atoms with Crippen molar-refractivity contribution in [3.8, 4) is 0 Å². The normalized spacial score (nSPS) is 34.8. The van der Waals surface area contributed by atoms with Gasteiger partial charge < -0.3 is 9.80 Å². The number of hydrogen-bond acceptors (Lipinski definition) is 4. The van der Waals surface area contributed by atoms with E-state index in [-0.39, 0.29) is 16.7 Å². The van der Waals surface area contributed by atoms with Crippen molar-refractivity contribution in [2.45, 2.75) is 33.1 Å². The molecule has 4 heterocycles. The van der Waals surface area contributed by atoms with Crippen molar-refractivity contribution < 1.29 is 4.79 Å². The molecule has 26 heavy (non-hydrogen) atoms. The van der Waals surface area contributed by atoms with Crippen molar-refractivity contribution in [3.63, 3.8) is 0 Å². The van der Waals surface area contributed by atoms with E-state index in [4.69, 9.17) is 0 Å². The average molecular weight is 354 g/mol. The first-order chi connectivity index (χ1) is 12.2. The Balaban J connectivity index is 1.50. The highest BCUT2D eigenvalue weighted by atomic mass is 16.2. The zero-order chi connectivity index (χ0) is 18.5. The van der Waals surface area contributed by atoms with E-state index in [1.54, 1.807) is 0 Å². The van der Waals surface area contributed by atoms with Gasteiger partial charge in [-0.05, 0) is 23.1 Å². The molecule has 1 aromatic carbocycles. The molecule has 0 spiro atoms. The van der Waals surface area contributed by atoms with Gasteiger partial charge in [0, 0.05) is 56.2 Å². The number of carbonyl (C=O) groups is 1. The van der Waals surface area contributed by atoms with Gasteiger partial charge >= 0.3 is 0 Å². The summed E-state index contributed by atoms with van der Waals surface area (Å²) in [4.78, 5) is 17.7. The third kappa shape index (κ3) is 3.19. The van der Waals surface area contributed by atoms with Crippen LogP contribution in [0.2, 0.25) is 0 Å². The second-order valence-corrected chi connectivity index (χ2v) is 9.49. The zero-order valence-electron chi connectivity index (χ0n) is 16.4. The zero-order valence-corrected chi connectivity index (χ0v) is 16.4. The largest absolute Gasteiger partial charge is 0.300 e. The molecule has 5 nitrogen and oxygen atoms in total. The van der Waals surface area contributed by atoms with Gasteiger partial charge in [-0.15, -0.1) is 0 Å². The van der Waals surface area contributed by atoms with Gasteiger partial charge in [-0.1, -0.05) is 39.8 Å². The van der Waals surface area contributed by atoms with Gasteiger partial charge in [0.1, 0.15) is 0 Å². The van der Waals surface area contributed by atoms with Crippen LogP contribution in [0.5, 0.6) is 0 Å². The minimum atomic E-state index is -0.117. The molecule has 1 N–H and O–H groups in total. The lowest BCUT2D eigenvalue weighted by Gasteiger charge is -2.48. The molecule has 0 aromatic heterocycles. The number of hydrazone groups is 1. The molecular formula is C21H30N4O. The molecule has 0 saturated carbocycles. The first-order valence-corrected chi connectivity index (χ1v) is 9.68. The fourth-order valence-electron chi connectivity index (χ4n) is 4.82. The minimum Gasteiger partial charge on any atom is -0.300 e. The summed E-state index contributed by atoms with van der Waals surface area (Å²) in [6.45, 7) is 15.4. The average Bonchev–Trinajstić information content (AvgIpc) is 2.80. The maximum Gasteiger partial charge on any atom is 0.271 e. The maximum atomic E-state index is 12.6. The van der Waals surface area contributed by atoms with Crippen LogP contribution in [0.15, 0.2) is 29.4 Å². The standard InChI is InChI=1S/C21H30N4O/c1-20(2,3)17-7-5-15(6-8-17)19(26)23-22-18-16-11-24-9-10-25(12-16)14-21(18,4)13-24/h5-8,16H,9-14H2,1-4H3,(H,23,26). The number of amides is 1. The Morgan fingerprint density at radius 2 is 1.69 bits per heavy atom. The third-order valence-electron chi connectivity index (χ3n) is 6.13. The van der Waals surface area contributed by atoms with E-state index in [0.717, 1.165) is 39.3 Å². The van der Waals surface area contributed by atoms with Gasteiger partial charge in [0.2, 0.25) is 0 Å². The van der Waals surface area contributed by atoms with Crippen LogP contribution in [0.3, 0.4) is 0 Å². The molecule has 4 fully saturated rings. The maximum absolute atomic E-state index is 12.6. The Kier molecular flexibility index (Phi) is 4.20. The summed E-state index contributed by atoms with van der Waals surface area (Å²) in [6, 6.07) is 7.88. The Morgan fingerprint density at radius 1 is 1.12 bits per heavy atom. The molecule has 4 saturated heterocycles. The number of fused-ring (bicyclic) bond motifs is 1. The Hall–Kier alpha value is -1.72. The van der Waals surface area contributed by atoms with E-state index in [1.807, 2.05) is 24.3 Å². The van der Waals surface area contributed by atoms with E-state index in [2.05, 4.69) is 48.0 Å². The predicted molar refractivity (Wildman–Crippen MR) is 105 cm³/mol. The molecule has 140 valence electrons. The molecule has 1 amide bonds. The van der Waals surface area contributed by atoms with Crippen LogP contribution in [0.1, 0.15) is 43.6 Å². The van der Waals surface area contributed by atoms with E-state index in [0.29, 0.717) is 11.5 Å². The first-order valence-electron chi connectivity index (χ1n) is 9.68. The number of nitrogens with zero attached hydrogens (tertiary/aromatic N) is 3. The summed E-state index contributed by atoms with van der Waals surface area (Å²) in [6.07, 6.45) is 0. The Morgan fingerprint density at radius 3 is 2.19 bits per heavy atom. The van der Waals surface area contributed by atoms with Crippen molar-refractivity contribution in [2.75, 3.05) is 39.3 Å². The smallest absolute Gasteiger partial charge is 0.271 e. The lowest BCUT2D eigenvalue weighted by atomic mass is 9.72. The fourth-order valence-corrected chi connectivity index (χ4v) is 4.82. The van der Waals surface area contributed by atoms with Crippen LogP contribution in [0, 0.1) is 11.3 Å². The first kappa shape index (κ1) is 17.7. The van der Waals surface area contributed by atoms with Crippen LogP contribution in [-0.2, 0) is 5.41 Å². The fraction of sp³-hybridized carbons (Fsp3) is 0.619. The van der Waals surface area contributed by atoms with Crippen molar-refractivity contribution in [1.29, 1.82) is 0 Å². The molecule has 4 aliphatic heterocycles. The lowest BCUT2D eigenvalue weighted by Crippen LogP contribution is -2.60. The monoisotopic (exact) mass is 354 g/mol. The quantitative estimate of drug-likeness (QED) is 0.830. The molecule has 2 unspecified atom stereocenters. The summed E-state index contributed by atoms with van der Waals surface area (Å²) < 4.78 is 0. The predicted octanol–water partition coefficient (Wildman–Crippen LogP) is 2.34. The second-order valence-electron chi connectivity index (χ2n) is 9.49. The van der Waals surface area contributed by atoms with Gasteiger partial charge in [-0.25, -0.2) is 5.43 Å². The molecule has 5 rings (SSSR count). The van der Waals surface area contributed by atoms with Crippen molar-refractivity contribution in [1.82, 2.24) is 15.2 Å². The molecule has 4 aliphatic rings. The van der Waals surface area contributed by atoms with Crippen LogP contribution < -0.4 is 5.43 Å². The summed E-state index contributed by atoms with van der Waals surface area (Å²) >= 11 is 0. The number of carbonyl (C=O) groups excluding carboxylic acids is 1. The molecule has 0 radical (unpaired) electrons. The van der Waals surface area contributed by atoms with E-state index >= 15 is 0 Å².